The van der Waals surface area contributed by atoms with Gasteiger partial charge in [0.25, 0.3) is 0 Å². The molecule has 8 heteroatoms. The second-order valence-corrected chi connectivity index (χ2v) is 7.85. The molecular formula is C27H25NO7. The molecule has 0 aliphatic rings. The van der Waals surface area contributed by atoms with Crippen LogP contribution in [0, 0.1) is 13.8 Å². The molecule has 0 atom stereocenters. The number of methoxy groups -OCH3 is 2. The van der Waals surface area contributed by atoms with E-state index in [0.29, 0.717) is 28.7 Å². The van der Waals surface area contributed by atoms with Gasteiger partial charge in [-0.2, -0.15) is 0 Å². The summed E-state index contributed by atoms with van der Waals surface area (Å²) in [7, 11) is 2.96. The lowest BCUT2D eigenvalue weighted by molar-refractivity contribution is 0.0469. The third-order valence-corrected chi connectivity index (χ3v) is 5.66. The molecule has 0 amide bonds. The van der Waals surface area contributed by atoms with Crippen LogP contribution in [0.5, 0.6) is 17.2 Å². The molecule has 1 aromatic heterocycles. The van der Waals surface area contributed by atoms with Crippen LogP contribution in [0.2, 0.25) is 0 Å². The minimum Gasteiger partial charge on any atom is -0.497 e. The molecule has 4 rings (SSSR count). The number of benzene rings is 3. The first-order valence-electron chi connectivity index (χ1n) is 10.9. The van der Waals surface area contributed by atoms with Crippen LogP contribution >= 0.6 is 0 Å². The van der Waals surface area contributed by atoms with Crippen LogP contribution in [0.3, 0.4) is 0 Å². The molecule has 0 saturated carbocycles. The zero-order valence-corrected chi connectivity index (χ0v) is 19.9. The van der Waals surface area contributed by atoms with Gasteiger partial charge in [-0.15, -0.1) is 0 Å². The van der Waals surface area contributed by atoms with E-state index in [4.69, 9.17) is 23.5 Å². The van der Waals surface area contributed by atoms with Crippen molar-refractivity contribution in [2.24, 2.45) is 0 Å². The molecule has 0 unspecified atom stereocenters. The van der Waals surface area contributed by atoms with E-state index in [0.717, 1.165) is 16.3 Å². The molecule has 180 valence electrons. The van der Waals surface area contributed by atoms with E-state index in [1.165, 1.54) is 14.2 Å². The van der Waals surface area contributed by atoms with Crippen molar-refractivity contribution in [2.75, 3.05) is 20.8 Å². The average molecular weight is 475 g/mol. The lowest BCUT2D eigenvalue weighted by Gasteiger charge is -2.13. The molecule has 1 heterocycles. The quantitative estimate of drug-likeness (QED) is 0.244. The highest BCUT2D eigenvalue weighted by atomic mass is 16.5. The number of rotatable bonds is 9. The fourth-order valence-electron chi connectivity index (χ4n) is 3.67. The summed E-state index contributed by atoms with van der Waals surface area (Å²) in [6, 6.07) is 15.9. The Morgan fingerprint density at radius 3 is 2.29 bits per heavy atom. The summed E-state index contributed by atoms with van der Waals surface area (Å²) in [5, 5.41) is 5.67. The van der Waals surface area contributed by atoms with Crippen molar-refractivity contribution in [1.29, 1.82) is 0 Å². The summed E-state index contributed by atoms with van der Waals surface area (Å²) < 4.78 is 27.0. The first-order chi connectivity index (χ1) is 16.9. The number of aryl methyl sites for hydroxylation is 2. The highest BCUT2D eigenvalue weighted by Gasteiger charge is 2.21. The number of carbonyl (C=O) groups is 2. The minimum atomic E-state index is -0.681. The Labute approximate surface area is 202 Å². The van der Waals surface area contributed by atoms with Crippen molar-refractivity contribution in [3.63, 3.8) is 0 Å². The van der Waals surface area contributed by atoms with Crippen molar-refractivity contribution >= 4 is 22.5 Å². The largest absolute Gasteiger partial charge is 0.497 e. The normalized spacial score (nSPS) is 10.7. The van der Waals surface area contributed by atoms with Crippen LogP contribution in [0.25, 0.3) is 10.8 Å². The predicted octanol–water partition coefficient (Wildman–Crippen LogP) is 5.08. The van der Waals surface area contributed by atoms with Gasteiger partial charge in [0.05, 0.1) is 31.0 Å². The van der Waals surface area contributed by atoms with Gasteiger partial charge < -0.3 is 23.5 Å². The predicted molar refractivity (Wildman–Crippen MR) is 128 cm³/mol. The molecular weight excluding hydrogens is 450 g/mol. The third-order valence-electron chi connectivity index (χ3n) is 5.66. The summed E-state index contributed by atoms with van der Waals surface area (Å²) in [6.07, 6.45) is 0. The molecule has 0 aliphatic carbocycles. The Bertz CT molecular complexity index is 1370. The number of nitrogens with zero attached hydrogens (tertiary/aromatic N) is 1. The second-order valence-electron chi connectivity index (χ2n) is 7.85. The molecule has 3 aromatic carbocycles. The summed E-state index contributed by atoms with van der Waals surface area (Å²) >= 11 is 0. The van der Waals surface area contributed by atoms with E-state index >= 15 is 0 Å². The fraction of sp³-hybridized carbons (Fsp3) is 0.222. The summed E-state index contributed by atoms with van der Waals surface area (Å²) in [6.45, 7) is 3.31. The number of fused-ring (bicyclic) bond motifs is 1. The fourth-order valence-corrected chi connectivity index (χ4v) is 3.67. The van der Waals surface area contributed by atoms with E-state index in [1.54, 1.807) is 37.3 Å². The number of hydrogen-bond acceptors (Lipinski definition) is 8. The SMILES string of the molecule is COc1ccc(OC)c(C(=O)COC(=O)c2cc3ccccc3cc2OCc2c(C)noc2C)c1. The number of ketones is 1. The maximum Gasteiger partial charge on any atom is 0.342 e. The number of hydrogen-bond donors (Lipinski definition) is 0. The molecule has 35 heavy (non-hydrogen) atoms. The highest BCUT2D eigenvalue weighted by Crippen LogP contribution is 2.29. The second kappa shape index (κ2) is 10.3. The van der Waals surface area contributed by atoms with E-state index < -0.39 is 18.4 Å². The van der Waals surface area contributed by atoms with Crippen molar-refractivity contribution in [3.8, 4) is 17.2 Å². The smallest absolute Gasteiger partial charge is 0.342 e. The molecule has 0 N–H and O–H groups in total. The highest BCUT2D eigenvalue weighted by molar-refractivity contribution is 6.03. The molecule has 0 radical (unpaired) electrons. The Kier molecular flexibility index (Phi) is 7.01. The summed E-state index contributed by atoms with van der Waals surface area (Å²) in [5.74, 6) is 0.726. The van der Waals surface area contributed by atoms with Crippen LogP contribution in [0.15, 0.2) is 59.1 Å². The number of carbonyl (C=O) groups excluding carboxylic acids is 2. The molecule has 0 bridgehead atoms. The summed E-state index contributed by atoms with van der Waals surface area (Å²) in [4.78, 5) is 25.9. The van der Waals surface area contributed by atoms with Crippen LogP contribution in [-0.4, -0.2) is 37.7 Å². The minimum absolute atomic E-state index is 0.166. The molecule has 8 nitrogen and oxygen atoms in total. The molecule has 4 aromatic rings. The zero-order chi connectivity index (χ0) is 24.9. The first-order valence-corrected chi connectivity index (χ1v) is 10.9. The van der Waals surface area contributed by atoms with Crippen molar-refractivity contribution in [1.82, 2.24) is 5.16 Å². The molecule has 0 saturated heterocycles. The topological polar surface area (TPSA) is 97.1 Å². The Morgan fingerprint density at radius 1 is 0.886 bits per heavy atom. The zero-order valence-electron chi connectivity index (χ0n) is 19.9. The number of ether oxygens (including phenoxy) is 4. The Morgan fingerprint density at radius 2 is 1.63 bits per heavy atom. The van der Waals surface area contributed by atoms with Crippen LogP contribution in [-0.2, 0) is 11.3 Å². The van der Waals surface area contributed by atoms with E-state index in [-0.39, 0.29) is 17.7 Å². The van der Waals surface area contributed by atoms with Gasteiger partial charge in [0.2, 0.25) is 5.78 Å². The van der Waals surface area contributed by atoms with Gasteiger partial charge in [-0.25, -0.2) is 4.79 Å². The molecule has 0 aliphatic heterocycles. The van der Waals surface area contributed by atoms with Crippen molar-refractivity contribution in [3.05, 3.63) is 82.7 Å². The van der Waals surface area contributed by atoms with Crippen LogP contribution in [0.1, 0.15) is 37.7 Å². The number of aromatic nitrogens is 1. The summed E-state index contributed by atoms with van der Waals surface area (Å²) in [5.41, 5.74) is 1.98. The van der Waals surface area contributed by atoms with E-state index in [9.17, 15) is 9.59 Å². The van der Waals surface area contributed by atoms with E-state index in [1.807, 2.05) is 31.2 Å². The van der Waals surface area contributed by atoms with Gasteiger partial charge in [0.15, 0.2) is 6.61 Å². The maximum atomic E-state index is 13.1. The Hall–Kier alpha value is -4.33. The molecule has 0 fully saturated rings. The van der Waals surface area contributed by atoms with Crippen molar-refractivity contribution in [2.45, 2.75) is 20.5 Å². The lowest BCUT2D eigenvalue weighted by Crippen LogP contribution is -2.16. The standard InChI is InChI=1S/C27H25NO7/c1-16-23(17(2)35-28-16)14-33-26-12-19-8-6-5-7-18(19)11-22(26)27(30)34-15-24(29)21-13-20(31-3)9-10-25(21)32-4/h5-13H,14-15H2,1-4H3. The van der Waals surface area contributed by atoms with Crippen LogP contribution in [0.4, 0.5) is 0 Å². The van der Waals surface area contributed by atoms with Gasteiger partial charge in [-0.3, -0.25) is 4.79 Å². The third kappa shape index (κ3) is 5.11. The lowest BCUT2D eigenvalue weighted by atomic mass is 10.1. The first kappa shape index (κ1) is 23.8. The van der Waals surface area contributed by atoms with Crippen molar-refractivity contribution < 1.29 is 33.1 Å². The van der Waals surface area contributed by atoms with Gasteiger partial charge in [-0.1, -0.05) is 29.4 Å². The van der Waals surface area contributed by atoms with Gasteiger partial charge in [0, 0.05) is 0 Å². The van der Waals surface area contributed by atoms with E-state index in [2.05, 4.69) is 5.16 Å². The van der Waals surface area contributed by atoms with Gasteiger partial charge >= 0.3 is 5.97 Å². The van der Waals surface area contributed by atoms with Gasteiger partial charge in [-0.05, 0) is 55.0 Å². The number of esters is 1. The average Bonchev–Trinajstić information content (AvgIpc) is 3.21. The van der Waals surface area contributed by atoms with Gasteiger partial charge in [0.1, 0.15) is 35.2 Å². The monoisotopic (exact) mass is 475 g/mol. The molecule has 0 spiro atoms. The maximum absolute atomic E-state index is 13.1. The number of Topliss-reactive ketones (excluding diaryl/α,β-unsaturated/α-hetero) is 1. The van der Waals surface area contributed by atoms with Crippen LogP contribution < -0.4 is 14.2 Å². The Balaban J connectivity index is 1.58.